The lowest BCUT2D eigenvalue weighted by Crippen LogP contribution is -2.44. The summed E-state index contributed by atoms with van der Waals surface area (Å²) in [7, 11) is 0. The Labute approximate surface area is 194 Å². The second-order valence-corrected chi connectivity index (χ2v) is 8.74. The standard InChI is InChI=1S/C22H25ClF3N3O2S/c1-5-14(3)29(11-19(30)28-18-8-6-7-13(2)15(18)4)20(31)12-32-21-17(23)9-16(10-27-21)22(24,25)26/h6-10,14H,5,11-12H2,1-4H3,(H,28,30). The van der Waals surface area contributed by atoms with E-state index in [1.165, 1.54) is 4.90 Å². The van der Waals surface area contributed by atoms with Crippen molar-refractivity contribution < 1.29 is 22.8 Å². The Morgan fingerprint density at radius 2 is 1.97 bits per heavy atom. The Bertz CT molecular complexity index is 985. The number of pyridine rings is 1. The minimum Gasteiger partial charge on any atom is -0.330 e. The molecule has 0 aliphatic rings. The molecule has 0 aliphatic heterocycles. The van der Waals surface area contributed by atoms with Gasteiger partial charge in [-0.3, -0.25) is 9.59 Å². The highest BCUT2D eigenvalue weighted by atomic mass is 35.5. The number of nitrogens with one attached hydrogen (secondary N) is 1. The van der Waals surface area contributed by atoms with Crippen LogP contribution in [0.4, 0.5) is 18.9 Å². The second-order valence-electron chi connectivity index (χ2n) is 7.37. The van der Waals surface area contributed by atoms with E-state index in [1.807, 2.05) is 39.8 Å². The molecule has 0 aliphatic carbocycles. The van der Waals surface area contributed by atoms with Gasteiger partial charge in [-0.25, -0.2) is 4.98 Å². The fourth-order valence-corrected chi connectivity index (χ4v) is 3.92. The van der Waals surface area contributed by atoms with Gasteiger partial charge < -0.3 is 10.2 Å². The van der Waals surface area contributed by atoms with E-state index in [1.54, 1.807) is 6.07 Å². The zero-order chi connectivity index (χ0) is 24.1. The average Bonchev–Trinajstić information content (AvgIpc) is 2.73. The van der Waals surface area contributed by atoms with Crippen LogP contribution in [0, 0.1) is 13.8 Å². The molecule has 2 rings (SSSR count). The second kappa shape index (κ2) is 11.0. The molecule has 0 fully saturated rings. The molecule has 1 heterocycles. The lowest BCUT2D eigenvalue weighted by atomic mass is 10.1. The summed E-state index contributed by atoms with van der Waals surface area (Å²) in [5, 5.41) is 2.78. The van der Waals surface area contributed by atoms with Gasteiger partial charge in [-0.2, -0.15) is 13.2 Å². The summed E-state index contributed by atoms with van der Waals surface area (Å²) >= 11 is 6.85. The summed E-state index contributed by atoms with van der Waals surface area (Å²) in [5.74, 6) is -0.777. The van der Waals surface area contributed by atoms with Crippen molar-refractivity contribution in [2.24, 2.45) is 0 Å². The number of hydrogen-bond acceptors (Lipinski definition) is 4. The maximum Gasteiger partial charge on any atom is 0.417 e. The Hall–Kier alpha value is -2.26. The summed E-state index contributed by atoms with van der Waals surface area (Å²) in [4.78, 5) is 30.6. The number of halogens is 4. The molecule has 0 saturated heterocycles. The summed E-state index contributed by atoms with van der Waals surface area (Å²) in [6, 6.07) is 6.16. The first-order valence-corrected chi connectivity index (χ1v) is 11.3. The van der Waals surface area contributed by atoms with Gasteiger partial charge in [0.25, 0.3) is 0 Å². The van der Waals surface area contributed by atoms with Crippen LogP contribution in [0.5, 0.6) is 0 Å². The molecule has 1 aromatic carbocycles. The first-order valence-electron chi connectivity index (χ1n) is 9.95. The fraction of sp³-hybridized carbons (Fsp3) is 0.409. The number of aromatic nitrogens is 1. The molecule has 0 bridgehead atoms. The smallest absolute Gasteiger partial charge is 0.330 e. The summed E-state index contributed by atoms with van der Waals surface area (Å²) < 4.78 is 38.3. The number of rotatable bonds is 8. The van der Waals surface area contributed by atoms with Crippen LogP contribution in [0.1, 0.15) is 37.0 Å². The Kier molecular flexibility index (Phi) is 8.98. The monoisotopic (exact) mass is 487 g/mol. The van der Waals surface area contributed by atoms with Crippen LogP contribution < -0.4 is 5.32 Å². The highest BCUT2D eigenvalue weighted by molar-refractivity contribution is 8.00. The van der Waals surface area contributed by atoms with Gasteiger partial charge in [-0.1, -0.05) is 42.4 Å². The van der Waals surface area contributed by atoms with Crippen LogP contribution in [0.25, 0.3) is 0 Å². The Balaban J connectivity index is 2.06. The van der Waals surface area contributed by atoms with Crippen molar-refractivity contribution in [3.8, 4) is 0 Å². The Morgan fingerprint density at radius 3 is 2.56 bits per heavy atom. The van der Waals surface area contributed by atoms with Crippen LogP contribution in [0.15, 0.2) is 35.5 Å². The van der Waals surface area contributed by atoms with E-state index in [0.717, 1.165) is 29.0 Å². The highest BCUT2D eigenvalue weighted by Crippen LogP contribution is 2.33. The van der Waals surface area contributed by atoms with Gasteiger partial charge in [0.15, 0.2) is 0 Å². The number of hydrogen-bond donors (Lipinski definition) is 1. The van der Waals surface area contributed by atoms with Crippen LogP contribution >= 0.6 is 23.4 Å². The zero-order valence-corrected chi connectivity index (χ0v) is 19.8. The predicted molar refractivity (Wildman–Crippen MR) is 121 cm³/mol. The number of anilines is 1. The van der Waals surface area contributed by atoms with Gasteiger partial charge in [-0.05, 0) is 50.5 Å². The van der Waals surface area contributed by atoms with Crippen molar-refractivity contribution in [1.82, 2.24) is 9.88 Å². The minimum absolute atomic E-state index is 0.112. The molecule has 32 heavy (non-hydrogen) atoms. The average molecular weight is 488 g/mol. The van der Waals surface area contributed by atoms with E-state index in [2.05, 4.69) is 10.3 Å². The van der Waals surface area contributed by atoms with Gasteiger partial charge in [0.1, 0.15) is 11.6 Å². The summed E-state index contributed by atoms with van der Waals surface area (Å²) in [6.45, 7) is 7.43. The van der Waals surface area contributed by atoms with Crippen molar-refractivity contribution in [3.63, 3.8) is 0 Å². The van der Waals surface area contributed by atoms with Gasteiger partial charge in [0.05, 0.1) is 16.3 Å². The van der Waals surface area contributed by atoms with Crippen molar-refractivity contribution in [1.29, 1.82) is 0 Å². The van der Waals surface area contributed by atoms with E-state index < -0.39 is 11.7 Å². The quantitative estimate of drug-likeness (QED) is 0.483. The molecule has 0 radical (unpaired) electrons. The zero-order valence-electron chi connectivity index (χ0n) is 18.2. The molecule has 2 aromatic rings. The van der Waals surface area contributed by atoms with Crippen LogP contribution in [0.3, 0.4) is 0 Å². The van der Waals surface area contributed by atoms with Crippen molar-refractivity contribution in [3.05, 3.63) is 52.2 Å². The van der Waals surface area contributed by atoms with Crippen LogP contribution in [-0.4, -0.2) is 40.0 Å². The summed E-state index contributed by atoms with van der Waals surface area (Å²) in [6.07, 6.45) is -3.23. The number of benzene rings is 1. The maximum atomic E-state index is 12.8. The third kappa shape index (κ3) is 6.87. The van der Waals surface area contributed by atoms with E-state index in [4.69, 9.17) is 11.6 Å². The fourth-order valence-electron chi connectivity index (χ4n) is 2.84. The summed E-state index contributed by atoms with van der Waals surface area (Å²) in [5.41, 5.74) is 1.71. The molecule has 1 atom stereocenters. The molecule has 174 valence electrons. The van der Waals surface area contributed by atoms with Crippen LogP contribution in [0.2, 0.25) is 5.02 Å². The predicted octanol–water partition coefficient (Wildman–Crippen LogP) is 5.73. The molecule has 1 unspecified atom stereocenters. The number of carbonyl (C=O) groups is 2. The first kappa shape index (κ1) is 26.0. The number of carbonyl (C=O) groups excluding carboxylic acids is 2. The third-order valence-corrected chi connectivity index (χ3v) is 6.49. The van der Waals surface area contributed by atoms with Gasteiger partial charge in [0, 0.05) is 17.9 Å². The first-order chi connectivity index (χ1) is 14.9. The van der Waals surface area contributed by atoms with Crippen molar-refractivity contribution >= 4 is 40.9 Å². The lowest BCUT2D eigenvalue weighted by molar-refractivity contribution is -0.138. The molecule has 5 nitrogen and oxygen atoms in total. The lowest BCUT2D eigenvalue weighted by Gasteiger charge is -2.28. The SMILES string of the molecule is CCC(C)N(CC(=O)Nc1cccc(C)c1C)C(=O)CSc1ncc(C(F)(F)F)cc1Cl. The van der Waals surface area contributed by atoms with Crippen molar-refractivity contribution in [2.75, 3.05) is 17.6 Å². The maximum absolute atomic E-state index is 12.8. The van der Waals surface area contributed by atoms with E-state index in [9.17, 15) is 22.8 Å². The molecule has 2 amide bonds. The molecular weight excluding hydrogens is 463 g/mol. The highest BCUT2D eigenvalue weighted by Gasteiger charge is 2.32. The molecule has 0 saturated carbocycles. The topological polar surface area (TPSA) is 62.3 Å². The molecule has 1 N–H and O–H groups in total. The number of amides is 2. The largest absolute Gasteiger partial charge is 0.417 e. The molecule has 10 heteroatoms. The van der Waals surface area contributed by atoms with Crippen LogP contribution in [-0.2, 0) is 15.8 Å². The van der Waals surface area contributed by atoms with Gasteiger partial charge in [-0.15, -0.1) is 0 Å². The van der Waals surface area contributed by atoms with E-state index in [0.29, 0.717) is 18.3 Å². The van der Waals surface area contributed by atoms with Gasteiger partial charge >= 0.3 is 6.18 Å². The normalized spacial score (nSPS) is 12.4. The number of aryl methyl sites for hydroxylation is 1. The van der Waals surface area contributed by atoms with E-state index in [-0.39, 0.29) is 40.2 Å². The number of thioether (sulfide) groups is 1. The number of nitrogens with zero attached hydrogens (tertiary/aromatic N) is 2. The molecular formula is C22H25ClF3N3O2S. The van der Waals surface area contributed by atoms with Crippen molar-refractivity contribution in [2.45, 2.75) is 51.4 Å². The molecule has 1 aromatic heterocycles. The number of alkyl halides is 3. The van der Waals surface area contributed by atoms with E-state index >= 15 is 0 Å². The Morgan fingerprint density at radius 1 is 1.28 bits per heavy atom. The molecule has 0 spiro atoms. The third-order valence-electron chi connectivity index (χ3n) is 5.10. The minimum atomic E-state index is -4.55. The van der Waals surface area contributed by atoms with Gasteiger partial charge in [0.2, 0.25) is 11.8 Å².